The zero-order valence-electron chi connectivity index (χ0n) is 16.9. The first-order valence-corrected chi connectivity index (χ1v) is 12.6. The standard InChI is InChI=1S/C23H34O2S2/c1-3-5-6-7-8-10-17-11-13-18(14-12-17)25-23(24)22-16-21-20(27-22)15-19(26-21)9-4-2/h15-18H,3-14H2,1-2H3. The van der Waals surface area contributed by atoms with Crippen LogP contribution in [0.2, 0.25) is 0 Å². The number of carbonyl (C=O) groups is 1. The summed E-state index contributed by atoms with van der Waals surface area (Å²) in [6, 6.07) is 4.28. The Hall–Kier alpha value is -0.870. The van der Waals surface area contributed by atoms with Crippen LogP contribution < -0.4 is 0 Å². The molecule has 1 aliphatic carbocycles. The Kier molecular flexibility index (Phi) is 8.20. The van der Waals surface area contributed by atoms with Crippen molar-refractivity contribution in [2.45, 2.75) is 97.0 Å². The summed E-state index contributed by atoms with van der Waals surface area (Å²) in [6.07, 6.45) is 15.2. The van der Waals surface area contributed by atoms with Gasteiger partial charge in [0.25, 0.3) is 0 Å². The molecule has 0 aromatic carbocycles. The second kappa shape index (κ2) is 10.6. The smallest absolute Gasteiger partial charge is 0.348 e. The summed E-state index contributed by atoms with van der Waals surface area (Å²) in [5.41, 5.74) is 0. The number of unbranched alkanes of at least 4 members (excludes halogenated alkanes) is 4. The number of fused-ring (bicyclic) bond motifs is 1. The Balaban J connectivity index is 1.41. The van der Waals surface area contributed by atoms with E-state index < -0.39 is 0 Å². The molecule has 0 unspecified atom stereocenters. The van der Waals surface area contributed by atoms with E-state index in [4.69, 9.17) is 4.74 Å². The van der Waals surface area contributed by atoms with Crippen molar-refractivity contribution in [1.29, 1.82) is 0 Å². The van der Waals surface area contributed by atoms with Crippen molar-refractivity contribution >= 4 is 38.0 Å². The van der Waals surface area contributed by atoms with E-state index in [1.54, 1.807) is 11.3 Å². The number of aryl methyl sites for hydroxylation is 1. The molecule has 1 aliphatic rings. The van der Waals surface area contributed by atoms with Gasteiger partial charge in [-0.2, -0.15) is 0 Å². The maximum Gasteiger partial charge on any atom is 0.348 e. The van der Waals surface area contributed by atoms with E-state index in [1.165, 1.54) is 72.1 Å². The van der Waals surface area contributed by atoms with Gasteiger partial charge in [0, 0.05) is 14.3 Å². The summed E-state index contributed by atoms with van der Waals surface area (Å²) in [7, 11) is 0. The van der Waals surface area contributed by atoms with Gasteiger partial charge in [-0.3, -0.25) is 0 Å². The summed E-state index contributed by atoms with van der Waals surface area (Å²) in [5.74, 6) is 0.745. The fourth-order valence-corrected chi connectivity index (χ4v) is 6.55. The van der Waals surface area contributed by atoms with E-state index in [0.29, 0.717) is 0 Å². The molecule has 27 heavy (non-hydrogen) atoms. The molecule has 2 heterocycles. The van der Waals surface area contributed by atoms with Gasteiger partial charge in [-0.25, -0.2) is 4.79 Å². The average molecular weight is 407 g/mol. The number of hydrogen-bond donors (Lipinski definition) is 0. The lowest BCUT2D eigenvalue weighted by molar-refractivity contribution is 0.0166. The highest BCUT2D eigenvalue weighted by molar-refractivity contribution is 7.28. The molecule has 0 aliphatic heterocycles. The Bertz CT molecular complexity index is 676. The first-order chi connectivity index (χ1) is 13.2. The van der Waals surface area contributed by atoms with Crippen LogP contribution in [-0.4, -0.2) is 12.1 Å². The Morgan fingerprint density at radius 3 is 2.41 bits per heavy atom. The van der Waals surface area contributed by atoms with Crippen LogP contribution in [0, 0.1) is 5.92 Å². The van der Waals surface area contributed by atoms with E-state index in [2.05, 4.69) is 19.9 Å². The third-order valence-corrected chi connectivity index (χ3v) is 8.07. The molecule has 0 bridgehead atoms. The van der Waals surface area contributed by atoms with Gasteiger partial charge in [0.2, 0.25) is 0 Å². The Morgan fingerprint density at radius 1 is 0.963 bits per heavy atom. The zero-order valence-corrected chi connectivity index (χ0v) is 18.6. The monoisotopic (exact) mass is 406 g/mol. The molecule has 2 nitrogen and oxygen atoms in total. The molecule has 4 heteroatoms. The van der Waals surface area contributed by atoms with Crippen molar-refractivity contribution in [3.8, 4) is 0 Å². The minimum Gasteiger partial charge on any atom is -0.458 e. The van der Waals surface area contributed by atoms with Crippen LogP contribution in [0.5, 0.6) is 0 Å². The van der Waals surface area contributed by atoms with Crippen LogP contribution in [-0.2, 0) is 11.2 Å². The number of carbonyl (C=O) groups excluding carboxylic acids is 1. The van der Waals surface area contributed by atoms with E-state index >= 15 is 0 Å². The molecule has 2 aromatic heterocycles. The number of rotatable bonds is 10. The van der Waals surface area contributed by atoms with E-state index in [-0.39, 0.29) is 12.1 Å². The minimum absolute atomic E-state index is 0.108. The van der Waals surface area contributed by atoms with Crippen molar-refractivity contribution < 1.29 is 9.53 Å². The molecular formula is C23H34O2S2. The van der Waals surface area contributed by atoms with E-state index in [0.717, 1.165) is 30.1 Å². The molecule has 1 fully saturated rings. The van der Waals surface area contributed by atoms with Crippen molar-refractivity contribution in [1.82, 2.24) is 0 Å². The minimum atomic E-state index is -0.108. The average Bonchev–Trinajstić information content (AvgIpc) is 3.22. The van der Waals surface area contributed by atoms with Gasteiger partial charge in [0.05, 0.1) is 0 Å². The largest absolute Gasteiger partial charge is 0.458 e. The van der Waals surface area contributed by atoms with Crippen LogP contribution in [0.3, 0.4) is 0 Å². The maximum absolute atomic E-state index is 12.5. The fraction of sp³-hybridized carbons (Fsp3) is 0.696. The number of ether oxygens (including phenoxy) is 1. The summed E-state index contributed by atoms with van der Waals surface area (Å²) < 4.78 is 8.31. The van der Waals surface area contributed by atoms with Gasteiger partial charge in [0.15, 0.2) is 0 Å². The first-order valence-electron chi connectivity index (χ1n) is 10.9. The quantitative estimate of drug-likeness (QED) is 0.295. The van der Waals surface area contributed by atoms with Gasteiger partial charge in [-0.1, -0.05) is 58.8 Å². The van der Waals surface area contributed by atoms with Gasteiger partial charge < -0.3 is 4.74 Å². The normalized spacial score (nSPS) is 20.2. The summed E-state index contributed by atoms with van der Waals surface area (Å²) in [4.78, 5) is 14.7. The SMILES string of the molecule is CCCCCCCC1CCC(OC(=O)c2cc3sc(CCC)cc3s2)CC1. The number of hydrogen-bond acceptors (Lipinski definition) is 4. The molecule has 150 valence electrons. The molecule has 0 N–H and O–H groups in total. The fourth-order valence-electron chi connectivity index (χ4n) is 4.14. The molecular weight excluding hydrogens is 372 g/mol. The van der Waals surface area contributed by atoms with Gasteiger partial charge >= 0.3 is 5.97 Å². The van der Waals surface area contributed by atoms with Crippen LogP contribution in [0.4, 0.5) is 0 Å². The first kappa shape index (κ1) is 20.9. The van der Waals surface area contributed by atoms with Crippen LogP contribution >= 0.6 is 22.7 Å². The third kappa shape index (κ3) is 6.05. The van der Waals surface area contributed by atoms with Crippen molar-refractivity contribution in [3.05, 3.63) is 21.9 Å². The molecule has 2 aromatic rings. The number of esters is 1. The van der Waals surface area contributed by atoms with Crippen molar-refractivity contribution in [2.24, 2.45) is 5.92 Å². The molecule has 1 saturated carbocycles. The zero-order chi connectivity index (χ0) is 19.1. The predicted octanol–water partition coefficient (Wildman–Crippen LogP) is 7.99. The highest BCUT2D eigenvalue weighted by Gasteiger charge is 2.25. The molecule has 3 rings (SSSR count). The lowest BCUT2D eigenvalue weighted by atomic mass is 9.84. The predicted molar refractivity (Wildman–Crippen MR) is 118 cm³/mol. The second-order valence-electron chi connectivity index (χ2n) is 8.05. The van der Waals surface area contributed by atoms with Gasteiger partial charge in [0.1, 0.15) is 11.0 Å². The van der Waals surface area contributed by atoms with Crippen LogP contribution in [0.1, 0.15) is 99.0 Å². The Labute approximate surface area is 172 Å². The molecule has 0 amide bonds. The summed E-state index contributed by atoms with van der Waals surface area (Å²) in [6.45, 7) is 4.48. The highest BCUT2D eigenvalue weighted by Crippen LogP contribution is 2.35. The lowest BCUT2D eigenvalue weighted by Crippen LogP contribution is -2.24. The lowest BCUT2D eigenvalue weighted by Gasteiger charge is -2.28. The molecule has 0 atom stereocenters. The van der Waals surface area contributed by atoms with Crippen molar-refractivity contribution in [3.63, 3.8) is 0 Å². The second-order valence-corrected chi connectivity index (χ2v) is 10.3. The maximum atomic E-state index is 12.5. The van der Waals surface area contributed by atoms with Crippen LogP contribution in [0.25, 0.3) is 9.40 Å². The van der Waals surface area contributed by atoms with Gasteiger partial charge in [-0.15, -0.1) is 22.7 Å². The van der Waals surface area contributed by atoms with Gasteiger partial charge in [-0.05, 0) is 50.2 Å². The number of thiophene rings is 2. The van der Waals surface area contributed by atoms with E-state index in [9.17, 15) is 4.79 Å². The molecule has 0 radical (unpaired) electrons. The topological polar surface area (TPSA) is 26.3 Å². The van der Waals surface area contributed by atoms with E-state index in [1.807, 2.05) is 17.4 Å². The molecule has 0 saturated heterocycles. The Morgan fingerprint density at radius 2 is 1.70 bits per heavy atom. The highest BCUT2D eigenvalue weighted by atomic mass is 32.1. The van der Waals surface area contributed by atoms with Crippen molar-refractivity contribution in [2.75, 3.05) is 0 Å². The molecule has 0 spiro atoms. The third-order valence-electron chi connectivity index (χ3n) is 5.74. The summed E-state index contributed by atoms with van der Waals surface area (Å²) in [5, 5.41) is 0. The summed E-state index contributed by atoms with van der Waals surface area (Å²) >= 11 is 3.42. The van der Waals surface area contributed by atoms with Crippen LogP contribution in [0.15, 0.2) is 12.1 Å².